The van der Waals surface area contributed by atoms with Gasteiger partial charge in [0.05, 0.1) is 31.4 Å². The molecule has 1 aliphatic heterocycles. The van der Waals surface area contributed by atoms with E-state index in [0.717, 1.165) is 25.9 Å². The summed E-state index contributed by atoms with van der Waals surface area (Å²) in [5.41, 5.74) is 1.87. The molecule has 2 aromatic rings. The second kappa shape index (κ2) is 9.47. The van der Waals surface area contributed by atoms with Crippen LogP contribution in [0.2, 0.25) is 0 Å². The van der Waals surface area contributed by atoms with Crippen molar-refractivity contribution in [1.82, 2.24) is 15.2 Å². The maximum absolute atomic E-state index is 12.5. The number of rotatable bonds is 8. The summed E-state index contributed by atoms with van der Waals surface area (Å²) in [5.74, 6) is 0.108. The Balaban J connectivity index is 1.32. The number of hydrogen-bond acceptors (Lipinski definition) is 6. The molecule has 1 aromatic carbocycles. The van der Waals surface area contributed by atoms with Crippen molar-refractivity contribution in [3.05, 3.63) is 47.0 Å². The molecule has 2 amide bonds. The molecule has 1 atom stereocenters. The molecule has 0 spiro atoms. The monoisotopic (exact) mass is 414 g/mol. The number of aromatic nitrogens is 1. The van der Waals surface area contributed by atoms with Gasteiger partial charge in [0.2, 0.25) is 11.8 Å². The lowest BCUT2D eigenvalue weighted by atomic mass is 10.0. The number of morpholine rings is 1. The van der Waals surface area contributed by atoms with Gasteiger partial charge in [-0.2, -0.15) is 0 Å². The van der Waals surface area contributed by atoms with Crippen LogP contribution in [0.3, 0.4) is 0 Å². The van der Waals surface area contributed by atoms with Crippen LogP contribution < -0.4 is 10.6 Å². The molecule has 1 aliphatic carbocycles. The lowest BCUT2D eigenvalue weighted by molar-refractivity contribution is -0.121. The van der Waals surface area contributed by atoms with E-state index in [1.807, 2.05) is 23.6 Å². The second-order valence-electron chi connectivity index (χ2n) is 7.46. The average Bonchev–Trinajstić information content (AvgIpc) is 3.51. The first-order chi connectivity index (χ1) is 14.2. The number of anilines is 1. The lowest BCUT2D eigenvalue weighted by Gasteiger charge is -2.34. The van der Waals surface area contributed by atoms with Crippen molar-refractivity contribution in [3.8, 4) is 0 Å². The van der Waals surface area contributed by atoms with E-state index in [1.165, 1.54) is 16.9 Å². The minimum absolute atomic E-state index is 0.0339. The number of amides is 2. The van der Waals surface area contributed by atoms with Crippen LogP contribution in [0.4, 0.5) is 5.13 Å². The zero-order valence-electron chi connectivity index (χ0n) is 16.3. The van der Waals surface area contributed by atoms with Gasteiger partial charge in [-0.05, 0) is 18.4 Å². The molecule has 1 aromatic heterocycles. The van der Waals surface area contributed by atoms with Gasteiger partial charge in [-0.15, -0.1) is 11.3 Å². The molecule has 2 fully saturated rings. The Morgan fingerprint density at radius 2 is 1.97 bits per heavy atom. The van der Waals surface area contributed by atoms with Gasteiger partial charge in [-0.25, -0.2) is 4.98 Å². The van der Waals surface area contributed by atoms with E-state index in [4.69, 9.17) is 4.74 Å². The van der Waals surface area contributed by atoms with Gasteiger partial charge in [0.25, 0.3) is 0 Å². The number of nitrogens with one attached hydrogen (secondary N) is 2. The predicted molar refractivity (Wildman–Crippen MR) is 112 cm³/mol. The zero-order chi connectivity index (χ0) is 20.1. The van der Waals surface area contributed by atoms with Crippen molar-refractivity contribution in [2.24, 2.45) is 5.92 Å². The van der Waals surface area contributed by atoms with Gasteiger partial charge in [-0.1, -0.05) is 30.3 Å². The van der Waals surface area contributed by atoms with Crippen LogP contribution >= 0.6 is 11.3 Å². The molecule has 0 bridgehead atoms. The minimum Gasteiger partial charge on any atom is -0.379 e. The molecule has 7 nitrogen and oxygen atoms in total. The Morgan fingerprint density at radius 1 is 1.21 bits per heavy atom. The van der Waals surface area contributed by atoms with Crippen molar-refractivity contribution >= 4 is 28.3 Å². The molecule has 29 heavy (non-hydrogen) atoms. The van der Waals surface area contributed by atoms with Crippen LogP contribution in [0.5, 0.6) is 0 Å². The van der Waals surface area contributed by atoms with Crippen molar-refractivity contribution < 1.29 is 14.3 Å². The first-order valence-corrected chi connectivity index (χ1v) is 11.0. The molecule has 1 saturated heterocycles. The second-order valence-corrected chi connectivity index (χ2v) is 8.32. The first kappa shape index (κ1) is 20.0. The van der Waals surface area contributed by atoms with Crippen molar-refractivity contribution in [2.45, 2.75) is 25.3 Å². The first-order valence-electron chi connectivity index (χ1n) is 10.1. The highest BCUT2D eigenvalue weighted by molar-refractivity contribution is 7.13. The van der Waals surface area contributed by atoms with Gasteiger partial charge in [0, 0.05) is 30.9 Å². The summed E-state index contributed by atoms with van der Waals surface area (Å²) in [4.78, 5) is 31.1. The number of ether oxygens (including phenoxy) is 1. The molecular formula is C21H26N4O3S. The number of carbonyl (C=O) groups excluding carboxylic acids is 2. The van der Waals surface area contributed by atoms with Gasteiger partial charge < -0.3 is 15.4 Å². The normalized spacial score (nSPS) is 18.2. The maximum atomic E-state index is 12.5. The summed E-state index contributed by atoms with van der Waals surface area (Å²) in [5, 5.41) is 8.29. The van der Waals surface area contributed by atoms with Crippen LogP contribution in [0.1, 0.15) is 30.1 Å². The minimum atomic E-state index is -0.0652. The van der Waals surface area contributed by atoms with Crippen molar-refractivity contribution in [3.63, 3.8) is 0 Å². The summed E-state index contributed by atoms with van der Waals surface area (Å²) in [6.45, 7) is 3.67. The SMILES string of the molecule is O=C(Cc1csc(NC(=O)C2CC2)n1)NCC(c1ccccc1)N1CCOCC1. The highest BCUT2D eigenvalue weighted by Crippen LogP contribution is 2.30. The van der Waals surface area contributed by atoms with Crippen LogP contribution in [0.25, 0.3) is 0 Å². The molecule has 0 radical (unpaired) electrons. The Labute approximate surface area is 174 Å². The van der Waals surface area contributed by atoms with Gasteiger partial charge >= 0.3 is 0 Å². The van der Waals surface area contributed by atoms with Crippen LogP contribution in [0, 0.1) is 5.92 Å². The van der Waals surface area contributed by atoms with E-state index in [0.29, 0.717) is 30.6 Å². The average molecular weight is 415 g/mol. The van der Waals surface area contributed by atoms with Crippen LogP contribution in [0.15, 0.2) is 35.7 Å². The molecule has 8 heteroatoms. The van der Waals surface area contributed by atoms with Crippen molar-refractivity contribution in [1.29, 1.82) is 0 Å². The molecule has 1 unspecified atom stereocenters. The fourth-order valence-electron chi connectivity index (χ4n) is 3.46. The molecule has 4 rings (SSSR count). The highest BCUT2D eigenvalue weighted by Gasteiger charge is 2.30. The van der Waals surface area contributed by atoms with E-state index >= 15 is 0 Å². The van der Waals surface area contributed by atoms with E-state index in [9.17, 15) is 9.59 Å². The van der Waals surface area contributed by atoms with E-state index in [1.54, 1.807) is 0 Å². The lowest BCUT2D eigenvalue weighted by Crippen LogP contribution is -2.44. The fraction of sp³-hybridized carbons (Fsp3) is 0.476. The molecular weight excluding hydrogens is 388 g/mol. The number of benzene rings is 1. The summed E-state index contributed by atoms with van der Waals surface area (Å²) in [6.07, 6.45) is 2.12. The van der Waals surface area contributed by atoms with Gasteiger partial charge in [0.15, 0.2) is 5.13 Å². The van der Waals surface area contributed by atoms with E-state index in [-0.39, 0.29) is 30.2 Å². The topological polar surface area (TPSA) is 83.6 Å². The largest absolute Gasteiger partial charge is 0.379 e. The van der Waals surface area contributed by atoms with Gasteiger partial charge in [0.1, 0.15) is 0 Å². The summed E-state index contributed by atoms with van der Waals surface area (Å²) in [6, 6.07) is 10.4. The Kier molecular flexibility index (Phi) is 6.53. The quantitative estimate of drug-likeness (QED) is 0.692. The van der Waals surface area contributed by atoms with Crippen LogP contribution in [-0.2, 0) is 20.7 Å². The number of nitrogens with zero attached hydrogens (tertiary/aromatic N) is 2. The Bertz CT molecular complexity index is 831. The standard InChI is InChI=1S/C21H26N4O3S/c26-19(12-17-14-29-21(23-17)24-20(27)16-6-7-16)22-13-18(15-4-2-1-3-5-15)25-8-10-28-11-9-25/h1-5,14,16,18H,6-13H2,(H,22,26)(H,23,24,27). The van der Waals surface area contributed by atoms with Crippen LogP contribution in [-0.4, -0.2) is 54.5 Å². The molecule has 2 aliphatic rings. The van der Waals surface area contributed by atoms with Gasteiger partial charge in [-0.3, -0.25) is 14.5 Å². The van der Waals surface area contributed by atoms with E-state index in [2.05, 4.69) is 32.7 Å². The summed E-state index contributed by atoms with van der Waals surface area (Å²) < 4.78 is 5.47. The third-order valence-electron chi connectivity index (χ3n) is 5.24. The summed E-state index contributed by atoms with van der Waals surface area (Å²) in [7, 11) is 0. The zero-order valence-corrected chi connectivity index (χ0v) is 17.1. The molecule has 2 N–H and O–H groups in total. The molecule has 154 valence electrons. The number of thiazole rings is 1. The molecule has 1 saturated carbocycles. The number of carbonyl (C=O) groups is 2. The maximum Gasteiger partial charge on any atom is 0.229 e. The third-order valence-corrected chi connectivity index (χ3v) is 6.04. The Hall–Kier alpha value is -2.29. The van der Waals surface area contributed by atoms with E-state index < -0.39 is 0 Å². The third kappa shape index (κ3) is 5.62. The fourth-order valence-corrected chi connectivity index (χ4v) is 4.17. The smallest absolute Gasteiger partial charge is 0.229 e. The van der Waals surface area contributed by atoms with Crippen molar-refractivity contribution in [2.75, 3.05) is 38.2 Å². The predicted octanol–water partition coefficient (Wildman–Crippen LogP) is 2.22. The number of hydrogen-bond donors (Lipinski definition) is 2. The summed E-state index contributed by atoms with van der Waals surface area (Å²) >= 11 is 1.36. The molecule has 2 heterocycles. The highest BCUT2D eigenvalue weighted by atomic mass is 32.1. The Morgan fingerprint density at radius 3 is 2.69 bits per heavy atom.